The second kappa shape index (κ2) is 3.75. The summed E-state index contributed by atoms with van der Waals surface area (Å²) in [5, 5.41) is 4.10. The van der Waals surface area contributed by atoms with Crippen molar-refractivity contribution in [2.24, 2.45) is 0 Å². The molecular weight excluding hydrogens is 224 g/mol. The van der Waals surface area contributed by atoms with Gasteiger partial charge in [-0.1, -0.05) is 11.6 Å². The second-order valence-electron chi connectivity index (χ2n) is 4.27. The molecule has 2 heterocycles. The second-order valence-corrected chi connectivity index (χ2v) is 4.68. The number of oxazole rings is 1. The zero-order valence-corrected chi connectivity index (χ0v) is 9.84. The topological polar surface area (TPSA) is 38.1 Å². The Morgan fingerprint density at radius 1 is 1.50 bits per heavy atom. The van der Waals surface area contributed by atoms with Crippen LogP contribution in [-0.4, -0.2) is 11.5 Å². The van der Waals surface area contributed by atoms with Crippen molar-refractivity contribution in [1.82, 2.24) is 10.3 Å². The standard InChI is InChI=1S/C12H13ClN2O/c1-7-5-10-11(6-8(7)13)16-12(15-10)9-3-2-4-14-9/h5-6,9,14H,2-4H2,1H3. The van der Waals surface area contributed by atoms with Crippen LogP contribution in [0.15, 0.2) is 16.5 Å². The first kappa shape index (κ1) is 10.1. The summed E-state index contributed by atoms with van der Waals surface area (Å²) in [5.74, 6) is 0.786. The Labute approximate surface area is 98.8 Å². The van der Waals surface area contributed by atoms with Gasteiger partial charge in [-0.2, -0.15) is 0 Å². The molecule has 0 bridgehead atoms. The fraction of sp³-hybridized carbons (Fsp3) is 0.417. The molecule has 0 amide bonds. The third-order valence-electron chi connectivity index (χ3n) is 3.04. The fourth-order valence-electron chi connectivity index (χ4n) is 2.12. The van der Waals surface area contributed by atoms with Gasteiger partial charge in [0.15, 0.2) is 5.58 Å². The molecule has 16 heavy (non-hydrogen) atoms. The third kappa shape index (κ3) is 1.60. The van der Waals surface area contributed by atoms with E-state index in [0.717, 1.165) is 40.5 Å². The monoisotopic (exact) mass is 236 g/mol. The molecule has 0 saturated carbocycles. The summed E-state index contributed by atoms with van der Waals surface area (Å²) >= 11 is 6.05. The molecule has 0 radical (unpaired) electrons. The quantitative estimate of drug-likeness (QED) is 0.826. The average molecular weight is 237 g/mol. The van der Waals surface area contributed by atoms with Crippen molar-refractivity contribution in [1.29, 1.82) is 0 Å². The van der Waals surface area contributed by atoms with Gasteiger partial charge in [0.2, 0.25) is 5.89 Å². The van der Waals surface area contributed by atoms with E-state index in [1.807, 2.05) is 19.1 Å². The van der Waals surface area contributed by atoms with Crippen LogP contribution < -0.4 is 5.32 Å². The van der Waals surface area contributed by atoms with Gasteiger partial charge in [0.1, 0.15) is 5.52 Å². The minimum atomic E-state index is 0.270. The van der Waals surface area contributed by atoms with Crippen molar-refractivity contribution in [2.75, 3.05) is 6.54 Å². The van der Waals surface area contributed by atoms with Crippen molar-refractivity contribution in [3.05, 3.63) is 28.6 Å². The molecule has 1 saturated heterocycles. The van der Waals surface area contributed by atoms with Crippen LogP contribution in [0, 0.1) is 6.92 Å². The Kier molecular flexibility index (Phi) is 2.37. The Morgan fingerprint density at radius 3 is 3.12 bits per heavy atom. The van der Waals surface area contributed by atoms with Crippen LogP contribution >= 0.6 is 11.6 Å². The molecule has 0 aliphatic carbocycles. The van der Waals surface area contributed by atoms with Crippen LogP contribution in [0.5, 0.6) is 0 Å². The zero-order chi connectivity index (χ0) is 11.1. The highest BCUT2D eigenvalue weighted by molar-refractivity contribution is 6.32. The lowest BCUT2D eigenvalue weighted by molar-refractivity contribution is 0.452. The molecule has 1 aliphatic rings. The van der Waals surface area contributed by atoms with Gasteiger partial charge >= 0.3 is 0 Å². The van der Waals surface area contributed by atoms with Gasteiger partial charge in [-0.15, -0.1) is 0 Å². The molecule has 3 nitrogen and oxygen atoms in total. The summed E-state index contributed by atoms with van der Waals surface area (Å²) in [7, 11) is 0. The zero-order valence-electron chi connectivity index (χ0n) is 9.09. The normalized spacial score (nSPS) is 20.8. The predicted molar refractivity (Wildman–Crippen MR) is 63.7 cm³/mol. The molecule has 4 heteroatoms. The summed E-state index contributed by atoms with van der Waals surface area (Å²) < 4.78 is 5.73. The van der Waals surface area contributed by atoms with E-state index in [0.29, 0.717) is 0 Å². The van der Waals surface area contributed by atoms with Crippen LogP contribution in [0.3, 0.4) is 0 Å². The van der Waals surface area contributed by atoms with E-state index >= 15 is 0 Å². The van der Waals surface area contributed by atoms with Crippen molar-refractivity contribution < 1.29 is 4.42 Å². The maximum atomic E-state index is 6.05. The number of aromatic nitrogens is 1. The van der Waals surface area contributed by atoms with E-state index in [1.54, 1.807) is 0 Å². The van der Waals surface area contributed by atoms with E-state index in [1.165, 1.54) is 6.42 Å². The largest absolute Gasteiger partial charge is 0.439 e. The number of rotatable bonds is 1. The number of hydrogen-bond acceptors (Lipinski definition) is 3. The van der Waals surface area contributed by atoms with Crippen LogP contribution in [0.2, 0.25) is 5.02 Å². The van der Waals surface area contributed by atoms with Crippen molar-refractivity contribution >= 4 is 22.7 Å². The van der Waals surface area contributed by atoms with Crippen LogP contribution in [-0.2, 0) is 0 Å². The number of halogens is 1. The van der Waals surface area contributed by atoms with E-state index in [9.17, 15) is 0 Å². The Hall–Kier alpha value is -1.06. The van der Waals surface area contributed by atoms with Crippen LogP contribution in [0.25, 0.3) is 11.1 Å². The SMILES string of the molecule is Cc1cc2nc(C3CCCN3)oc2cc1Cl. The summed E-state index contributed by atoms with van der Waals surface area (Å²) in [5.41, 5.74) is 2.71. The fourth-order valence-corrected chi connectivity index (χ4v) is 2.27. The van der Waals surface area contributed by atoms with Gasteiger partial charge in [-0.05, 0) is 37.9 Å². The molecule has 1 aromatic heterocycles. The van der Waals surface area contributed by atoms with Gasteiger partial charge in [0, 0.05) is 11.1 Å². The summed E-state index contributed by atoms with van der Waals surface area (Å²) in [4.78, 5) is 4.51. The molecule has 2 aromatic rings. The number of fused-ring (bicyclic) bond motifs is 1. The minimum Gasteiger partial charge on any atom is -0.439 e. The van der Waals surface area contributed by atoms with E-state index in [4.69, 9.17) is 16.0 Å². The highest BCUT2D eigenvalue weighted by Gasteiger charge is 2.21. The number of benzene rings is 1. The van der Waals surface area contributed by atoms with Gasteiger partial charge in [-0.3, -0.25) is 0 Å². The molecule has 1 unspecified atom stereocenters. The molecule has 1 aromatic carbocycles. The predicted octanol–water partition coefficient (Wildman–Crippen LogP) is 3.21. The number of nitrogens with one attached hydrogen (secondary N) is 1. The smallest absolute Gasteiger partial charge is 0.212 e. The molecule has 1 N–H and O–H groups in total. The van der Waals surface area contributed by atoms with Crippen molar-refractivity contribution in [3.63, 3.8) is 0 Å². The first-order valence-corrected chi connectivity index (χ1v) is 5.92. The molecule has 1 aliphatic heterocycles. The lowest BCUT2D eigenvalue weighted by Gasteiger charge is -2.02. The molecule has 1 atom stereocenters. The summed E-state index contributed by atoms with van der Waals surface area (Å²) in [6, 6.07) is 4.09. The van der Waals surface area contributed by atoms with Gasteiger partial charge in [-0.25, -0.2) is 4.98 Å². The van der Waals surface area contributed by atoms with Crippen molar-refractivity contribution in [3.8, 4) is 0 Å². The summed E-state index contributed by atoms with van der Waals surface area (Å²) in [6.07, 6.45) is 2.28. The van der Waals surface area contributed by atoms with E-state index in [-0.39, 0.29) is 6.04 Å². The first-order chi connectivity index (χ1) is 7.74. The third-order valence-corrected chi connectivity index (χ3v) is 3.45. The lowest BCUT2D eigenvalue weighted by atomic mass is 10.2. The maximum Gasteiger partial charge on any atom is 0.212 e. The Balaban J connectivity index is 2.08. The highest BCUT2D eigenvalue weighted by Crippen LogP contribution is 2.28. The maximum absolute atomic E-state index is 6.05. The summed E-state index contributed by atoms with van der Waals surface area (Å²) in [6.45, 7) is 3.02. The average Bonchev–Trinajstić information content (AvgIpc) is 2.86. The van der Waals surface area contributed by atoms with Crippen molar-refractivity contribution in [2.45, 2.75) is 25.8 Å². The Morgan fingerprint density at radius 2 is 2.38 bits per heavy atom. The highest BCUT2D eigenvalue weighted by atomic mass is 35.5. The van der Waals surface area contributed by atoms with Gasteiger partial charge < -0.3 is 9.73 Å². The Bertz CT molecular complexity index is 490. The number of hydrogen-bond donors (Lipinski definition) is 1. The van der Waals surface area contributed by atoms with E-state index < -0.39 is 0 Å². The molecule has 1 fully saturated rings. The number of nitrogens with zero attached hydrogens (tertiary/aromatic N) is 1. The van der Waals surface area contributed by atoms with Gasteiger partial charge in [0.25, 0.3) is 0 Å². The van der Waals surface area contributed by atoms with Crippen LogP contribution in [0.4, 0.5) is 0 Å². The van der Waals surface area contributed by atoms with Crippen LogP contribution in [0.1, 0.15) is 30.3 Å². The number of aryl methyl sites for hydroxylation is 1. The van der Waals surface area contributed by atoms with E-state index in [2.05, 4.69) is 10.3 Å². The molecule has 0 spiro atoms. The lowest BCUT2D eigenvalue weighted by Crippen LogP contribution is -2.12. The molecule has 84 valence electrons. The first-order valence-electron chi connectivity index (χ1n) is 5.54. The molecule has 3 rings (SSSR count). The van der Waals surface area contributed by atoms with Gasteiger partial charge in [0.05, 0.1) is 6.04 Å². The molecular formula is C12H13ClN2O. The minimum absolute atomic E-state index is 0.270.